The Morgan fingerprint density at radius 3 is 2.63 bits per heavy atom. The van der Waals surface area contributed by atoms with E-state index in [4.69, 9.17) is 4.99 Å². The summed E-state index contributed by atoms with van der Waals surface area (Å²) in [6.45, 7) is 8.15. The summed E-state index contributed by atoms with van der Waals surface area (Å²) in [5.74, 6) is 1.08. The maximum absolute atomic E-state index is 12.2. The molecule has 1 fully saturated rings. The number of carbonyl (C=O) groups is 1. The van der Waals surface area contributed by atoms with Gasteiger partial charge in [-0.15, -0.1) is 24.0 Å². The maximum Gasteiger partial charge on any atom is 0.227 e. The van der Waals surface area contributed by atoms with Crippen LogP contribution >= 0.6 is 24.0 Å². The van der Waals surface area contributed by atoms with E-state index in [2.05, 4.69) is 28.0 Å². The van der Waals surface area contributed by atoms with Crippen molar-refractivity contribution in [3.63, 3.8) is 0 Å². The van der Waals surface area contributed by atoms with E-state index in [1.54, 1.807) is 0 Å². The topological polar surface area (TPSA) is 83.3 Å². The standard InChI is InChI=1S/C22H32N6O.HI/c1-5-23-22(25-14-20-15(2)27-28(4)16(20)3)24-13-17-8-6-11-19(12-17)26-21(29)18-9-7-10-18;/h6,8,11-12,18H,5,7,9-10,13-14H2,1-4H3,(H,26,29)(H2,23,24,25);1H. The molecule has 0 spiro atoms. The number of hydrogen-bond donors (Lipinski definition) is 3. The van der Waals surface area contributed by atoms with Crippen LogP contribution in [0.15, 0.2) is 29.3 Å². The molecule has 2 aromatic rings. The molecule has 1 aromatic heterocycles. The number of halogens is 1. The van der Waals surface area contributed by atoms with Crippen molar-refractivity contribution in [2.24, 2.45) is 18.0 Å². The summed E-state index contributed by atoms with van der Waals surface area (Å²) in [7, 11) is 1.96. The molecular weight excluding hydrogens is 491 g/mol. The average molecular weight is 524 g/mol. The second-order valence-corrected chi connectivity index (χ2v) is 7.64. The van der Waals surface area contributed by atoms with Gasteiger partial charge in [-0.25, -0.2) is 4.99 Å². The average Bonchev–Trinajstić information content (AvgIpc) is 2.88. The summed E-state index contributed by atoms with van der Waals surface area (Å²) < 4.78 is 1.90. The molecule has 0 unspecified atom stereocenters. The molecule has 0 aliphatic heterocycles. The van der Waals surface area contributed by atoms with Crippen LogP contribution in [0.1, 0.15) is 48.7 Å². The Morgan fingerprint density at radius 1 is 1.27 bits per heavy atom. The quantitative estimate of drug-likeness (QED) is 0.294. The van der Waals surface area contributed by atoms with Crippen LogP contribution in [0.2, 0.25) is 0 Å². The molecule has 1 amide bonds. The lowest BCUT2D eigenvalue weighted by molar-refractivity contribution is -0.122. The highest BCUT2D eigenvalue weighted by atomic mass is 127. The highest BCUT2D eigenvalue weighted by molar-refractivity contribution is 14.0. The molecule has 1 saturated carbocycles. The fourth-order valence-electron chi connectivity index (χ4n) is 3.42. The predicted molar refractivity (Wildman–Crippen MR) is 132 cm³/mol. The van der Waals surface area contributed by atoms with Gasteiger partial charge in [-0.3, -0.25) is 9.48 Å². The number of benzene rings is 1. The Balaban J connectivity index is 0.00000320. The zero-order valence-corrected chi connectivity index (χ0v) is 20.6. The highest BCUT2D eigenvalue weighted by Crippen LogP contribution is 2.27. The number of aliphatic imine (C=N–C) groups is 1. The van der Waals surface area contributed by atoms with Gasteiger partial charge in [-0.05, 0) is 51.3 Å². The Hall–Kier alpha value is -2.10. The van der Waals surface area contributed by atoms with Gasteiger partial charge in [-0.2, -0.15) is 5.10 Å². The smallest absolute Gasteiger partial charge is 0.227 e. The first-order chi connectivity index (χ1) is 14.0. The number of carbonyl (C=O) groups excluding carboxylic acids is 1. The van der Waals surface area contributed by atoms with Crippen molar-refractivity contribution < 1.29 is 4.79 Å². The first-order valence-electron chi connectivity index (χ1n) is 10.4. The molecule has 3 rings (SSSR count). The largest absolute Gasteiger partial charge is 0.357 e. The van der Waals surface area contributed by atoms with Crippen molar-refractivity contribution >= 4 is 41.5 Å². The van der Waals surface area contributed by atoms with Gasteiger partial charge in [0.05, 0.1) is 12.2 Å². The van der Waals surface area contributed by atoms with Crippen molar-refractivity contribution in [1.29, 1.82) is 0 Å². The van der Waals surface area contributed by atoms with Crippen LogP contribution in [-0.4, -0.2) is 28.2 Å². The first kappa shape index (κ1) is 24.2. The Kier molecular flexibility index (Phi) is 9.13. The SMILES string of the molecule is CCNC(=NCc1cccc(NC(=O)C2CCC2)c1)NCc1c(C)nn(C)c1C.I. The van der Waals surface area contributed by atoms with Crippen LogP contribution in [0.3, 0.4) is 0 Å². The van der Waals surface area contributed by atoms with E-state index in [1.165, 1.54) is 5.56 Å². The molecule has 0 bridgehead atoms. The van der Waals surface area contributed by atoms with E-state index >= 15 is 0 Å². The summed E-state index contributed by atoms with van der Waals surface area (Å²) in [6, 6.07) is 7.92. The van der Waals surface area contributed by atoms with Gasteiger partial charge in [0.15, 0.2) is 5.96 Å². The summed E-state index contributed by atoms with van der Waals surface area (Å²) in [6.07, 6.45) is 3.16. The molecule has 0 saturated heterocycles. The second kappa shape index (κ2) is 11.3. The normalized spacial score (nSPS) is 13.9. The number of amides is 1. The van der Waals surface area contributed by atoms with Gasteiger partial charge in [0, 0.05) is 43.0 Å². The monoisotopic (exact) mass is 524 g/mol. The maximum atomic E-state index is 12.2. The molecule has 30 heavy (non-hydrogen) atoms. The van der Waals surface area contributed by atoms with Gasteiger partial charge in [0.1, 0.15) is 0 Å². The van der Waals surface area contributed by atoms with E-state index in [1.807, 2.05) is 49.8 Å². The molecule has 1 heterocycles. The molecule has 1 aromatic carbocycles. The minimum Gasteiger partial charge on any atom is -0.357 e. The molecule has 1 aliphatic carbocycles. The molecule has 0 atom stereocenters. The lowest BCUT2D eigenvalue weighted by Gasteiger charge is -2.24. The molecule has 8 heteroatoms. The minimum absolute atomic E-state index is 0. The lowest BCUT2D eigenvalue weighted by atomic mass is 9.85. The Morgan fingerprint density at radius 2 is 2.03 bits per heavy atom. The number of nitrogens with one attached hydrogen (secondary N) is 3. The van der Waals surface area contributed by atoms with E-state index in [0.717, 1.165) is 54.4 Å². The number of aryl methyl sites for hydroxylation is 2. The number of rotatable bonds is 7. The molecule has 164 valence electrons. The minimum atomic E-state index is 0. The van der Waals surface area contributed by atoms with E-state index < -0.39 is 0 Å². The molecule has 7 nitrogen and oxygen atoms in total. The number of anilines is 1. The predicted octanol–water partition coefficient (Wildman–Crippen LogP) is 3.65. The van der Waals surface area contributed by atoms with Crippen LogP contribution in [0.4, 0.5) is 5.69 Å². The van der Waals surface area contributed by atoms with Crippen molar-refractivity contribution in [3.05, 3.63) is 46.8 Å². The van der Waals surface area contributed by atoms with Gasteiger partial charge in [0.2, 0.25) is 5.91 Å². The van der Waals surface area contributed by atoms with Crippen LogP contribution in [0.5, 0.6) is 0 Å². The summed E-state index contributed by atoms with van der Waals surface area (Å²) >= 11 is 0. The number of hydrogen-bond acceptors (Lipinski definition) is 3. The van der Waals surface area contributed by atoms with Crippen molar-refractivity contribution in [3.8, 4) is 0 Å². The third-order valence-corrected chi connectivity index (χ3v) is 5.53. The fourth-order valence-corrected chi connectivity index (χ4v) is 3.42. The summed E-state index contributed by atoms with van der Waals surface area (Å²) in [5.41, 5.74) is 5.28. The number of nitrogens with zero attached hydrogens (tertiary/aromatic N) is 3. The molecule has 0 radical (unpaired) electrons. The van der Waals surface area contributed by atoms with Gasteiger partial charge < -0.3 is 16.0 Å². The van der Waals surface area contributed by atoms with E-state index in [-0.39, 0.29) is 35.8 Å². The van der Waals surface area contributed by atoms with E-state index in [9.17, 15) is 4.79 Å². The summed E-state index contributed by atoms with van der Waals surface area (Å²) in [5, 5.41) is 14.2. The highest BCUT2D eigenvalue weighted by Gasteiger charge is 2.25. The first-order valence-corrected chi connectivity index (χ1v) is 10.4. The zero-order chi connectivity index (χ0) is 20.8. The fraction of sp³-hybridized carbons (Fsp3) is 0.500. The molecule has 3 N–H and O–H groups in total. The molecular formula is C22H33IN6O. The van der Waals surface area contributed by atoms with Crippen molar-refractivity contribution in [1.82, 2.24) is 20.4 Å². The van der Waals surface area contributed by atoms with Gasteiger partial charge >= 0.3 is 0 Å². The second-order valence-electron chi connectivity index (χ2n) is 7.64. The van der Waals surface area contributed by atoms with Crippen LogP contribution in [0.25, 0.3) is 0 Å². The number of aromatic nitrogens is 2. The van der Waals surface area contributed by atoms with Gasteiger partial charge in [-0.1, -0.05) is 18.6 Å². The van der Waals surface area contributed by atoms with E-state index in [0.29, 0.717) is 13.1 Å². The van der Waals surface area contributed by atoms with Crippen LogP contribution < -0.4 is 16.0 Å². The molecule has 1 aliphatic rings. The summed E-state index contributed by atoms with van der Waals surface area (Å²) in [4.78, 5) is 16.9. The van der Waals surface area contributed by atoms with Crippen molar-refractivity contribution in [2.75, 3.05) is 11.9 Å². The lowest BCUT2D eigenvalue weighted by Crippen LogP contribution is -2.37. The third kappa shape index (κ3) is 6.20. The van der Waals surface area contributed by atoms with Crippen LogP contribution in [0, 0.1) is 19.8 Å². The zero-order valence-electron chi connectivity index (χ0n) is 18.3. The van der Waals surface area contributed by atoms with Crippen LogP contribution in [-0.2, 0) is 24.9 Å². The van der Waals surface area contributed by atoms with Crippen molar-refractivity contribution in [2.45, 2.75) is 53.1 Å². The third-order valence-electron chi connectivity index (χ3n) is 5.53. The van der Waals surface area contributed by atoms with Gasteiger partial charge in [0.25, 0.3) is 0 Å². The Labute approximate surface area is 196 Å². The number of guanidine groups is 1. The Bertz CT molecular complexity index is 888.